The zero-order valence-corrected chi connectivity index (χ0v) is 10.6. The molecule has 1 saturated carbocycles. The quantitative estimate of drug-likeness (QED) is 0.773. The molecule has 16 heavy (non-hydrogen) atoms. The summed E-state index contributed by atoms with van der Waals surface area (Å²) >= 11 is 0. The van der Waals surface area contributed by atoms with E-state index in [0.717, 1.165) is 19.4 Å². The highest BCUT2D eigenvalue weighted by atomic mass is 16.5. The second kappa shape index (κ2) is 4.63. The third kappa shape index (κ3) is 2.76. The molecule has 1 heterocycles. The number of aliphatic hydroxyl groups excluding tert-OH is 1. The van der Waals surface area contributed by atoms with Crippen molar-refractivity contribution in [2.24, 2.45) is 0 Å². The topological polar surface area (TPSA) is 41.5 Å². The van der Waals surface area contributed by atoms with Crippen molar-refractivity contribution in [1.82, 2.24) is 5.32 Å². The fraction of sp³-hybridized carbons (Fsp3) is 1.00. The summed E-state index contributed by atoms with van der Waals surface area (Å²) in [7, 11) is 0. The van der Waals surface area contributed by atoms with E-state index in [1.54, 1.807) is 0 Å². The molecule has 2 rings (SSSR count). The van der Waals surface area contributed by atoms with Crippen molar-refractivity contribution < 1.29 is 9.84 Å². The molecule has 3 nitrogen and oxygen atoms in total. The van der Waals surface area contributed by atoms with Gasteiger partial charge in [-0.1, -0.05) is 12.8 Å². The Hall–Kier alpha value is -0.120. The third-order valence-electron chi connectivity index (χ3n) is 4.01. The van der Waals surface area contributed by atoms with Crippen LogP contribution in [-0.4, -0.2) is 35.5 Å². The Labute approximate surface area is 98.6 Å². The van der Waals surface area contributed by atoms with Crippen molar-refractivity contribution in [1.29, 1.82) is 0 Å². The lowest BCUT2D eigenvalue weighted by molar-refractivity contribution is -0.100. The van der Waals surface area contributed by atoms with E-state index >= 15 is 0 Å². The molecule has 1 aliphatic heterocycles. The summed E-state index contributed by atoms with van der Waals surface area (Å²) < 4.78 is 5.74. The van der Waals surface area contributed by atoms with Gasteiger partial charge in [-0.2, -0.15) is 0 Å². The zero-order chi connectivity index (χ0) is 11.6. The summed E-state index contributed by atoms with van der Waals surface area (Å²) in [6.45, 7) is 5.23. The first-order valence-electron chi connectivity index (χ1n) is 6.58. The number of hydrogen-bond donors (Lipinski definition) is 2. The summed E-state index contributed by atoms with van der Waals surface area (Å²) in [5.74, 6) is 0. The molecule has 0 aromatic rings. The average Bonchev–Trinajstić information content (AvgIpc) is 2.69. The van der Waals surface area contributed by atoms with Gasteiger partial charge in [0.15, 0.2) is 0 Å². The largest absolute Gasteiger partial charge is 0.394 e. The van der Waals surface area contributed by atoms with E-state index in [4.69, 9.17) is 4.74 Å². The maximum atomic E-state index is 9.72. The van der Waals surface area contributed by atoms with Gasteiger partial charge in [-0.15, -0.1) is 0 Å². The summed E-state index contributed by atoms with van der Waals surface area (Å²) in [5.41, 5.74) is -0.205. The van der Waals surface area contributed by atoms with Gasteiger partial charge >= 0.3 is 0 Å². The van der Waals surface area contributed by atoms with Gasteiger partial charge < -0.3 is 15.2 Å². The highest BCUT2D eigenvalue weighted by molar-refractivity contribution is 4.98. The molecule has 0 aromatic heterocycles. The first kappa shape index (κ1) is 12.3. The molecule has 0 amide bonds. The second-order valence-corrected chi connectivity index (χ2v) is 6.10. The summed E-state index contributed by atoms with van der Waals surface area (Å²) in [6.07, 6.45) is 7.04. The van der Waals surface area contributed by atoms with Crippen LogP contribution in [-0.2, 0) is 4.74 Å². The van der Waals surface area contributed by atoms with Crippen LogP contribution in [0.2, 0.25) is 0 Å². The van der Waals surface area contributed by atoms with Gasteiger partial charge in [0, 0.05) is 18.2 Å². The second-order valence-electron chi connectivity index (χ2n) is 6.10. The van der Waals surface area contributed by atoms with Crippen LogP contribution in [0, 0.1) is 0 Å². The molecule has 3 heteroatoms. The van der Waals surface area contributed by atoms with Crippen LogP contribution in [0.15, 0.2) is 0 Å². The van der Waals surface area contributed by atoms with Crippen molar-refractivity contribution in [3.63, 3.8) is 0 Å². The predicted octanol–water partition coefficient (Wildman–Crippen LogP) is 1.84. The average molecular weight is 227 g/mol. The highest BCUT2D eigenvalue weighted by Crippen LogP contribution is 2.33. The molecule has 94 valence electrons. The molecule has 1 unspecified atom stereocenters. The molecule has 2 aliphatic rings. The molecule has 0 bridgehead atoms. The molecule has 0 radical (unpaired) electrons. The van der Waals surface area contributed by atoms with Crippen molar-refractivity contribution >= 4 is 0 Å². The molecule has 2 fully saturated rings. The van der Waals surface area contributed by atoms with E-state index in [1.807, 2.05) is 0 Å². The lowest BCUT2D eigenvalue weighted by Crippen LogP contribution is -2.59. The minimum atomic E-state index is -0.105. The third-order valence-corrected chi connectivity index (χ3v) is 4.01. The molecule has 1 saturated heterocycles. The molecule has 2 N–H and O–H groups in total. The lowest BCUT2D eigenvalue weighted by atomic mass is 9.81. The van der Waals surface area contributed by atoms with Crippen LogP contribution >= 0.6 is 0 Å². The van der Waals surface area contributed by atoms with E-state index in [-0.39, 0.29) is 17.7 Å². The number of nitrogens with one attached hydrogen (secondary N) is 1. The Balaban J connectivity index is 2.00. The van der Waals surface area contributed by atoms with Gasteiger partial charge in [0.2, 0.25) is 0 Å². The highest BCUT2D eigenvalue weighted by Gasteiger charge is 2.41. The van der Waals surface area contributed by atoms with Gasteiger partial charge in [-0.05, 0) is 39.5 Å². The Morgan fingerprint density at radius 1 is 1.31 bits per heavy atom. The van der Waals surface area contributed by atoms with Crippen molar-refractivity contribution in [3.05, 3.63) is 0 Å². The molecular formula is C13H25NO2. The first-order valence-corrected chi connectivity index (χ1v) is 6.58. The fourth-order valence-electron chi connectivity index (χ4n) is 3.28. The van der Waals surface area contributed by atoms with E-state index in [0.29, 0.717) is 6.04 Å². The SMILES string of the molecule is CC1(C)CC(CO)(NC2CCCC2)CCO1. The Morgan fingerprint density at radius 3 is 2.56 bits per heavy atom. The summed E-state index contributed by atoms with van der Waals surface area (Å²) in [6, 6.07) is 0.612. The molecule has 0 spiro atoms. The van der Waals surface area contributed by atoms with E-state index < -0.39 is 0 Å². The predicted molar refractivity (Wildman–Crippen MR) is 64.5 cm³/mol. The van der Waals surface area contributed by atoms with Crippen molar-refractivity contribution in [3.8, 4) is 0 Å². The molecule has 1 aliphatic carbocycles. The summed E-state index contributed by atoms with van der Waals surface area (Å²) in [5, 5.41) is 13.4. The summed E-state index contributed by atoms with van der Waals surface area (Å²) in [4.78, 5) is 0. The van der Waals surface area contributed by atoms with Crippen LogP contribution in [0.4, 0.5) is 0 Å². The van der Waals surface area contributed by atoms with Crippen LogP contribution < -0.4 is 5.32 Å². The van der Waals surface area contributed by atoms with E-state index in [2.05, 4.69) is 19.2 Å². The van der Waals surface area contributed by atoms with Crippen LogP contribution in [0.3, 0.4) is 0 Å². The Kier molecular flexibility index (Phi) is 3.57. The molecule has 0 aromatic carbocycles. The minimum Gasteiger partial charge on any atom is -0.394 e. The van der Waals surface area contributed by atoms with Crippen molar-refractivity contribution in [2.45, 2.75) is 69.6 Å². The minimum absolute atomic E-state index is 0.100. The van der Waals surface area contributed by atoms with Crippen molar-refractivity contribution in [2.75, 3.05) is 13.2 Å². The Morgan fingerprint density at radius 2 is 2.00 bits per heavy atom. The maximum absolute atomic E-state index is 9.72. The molecular weight excluding hydrogens is 202 g/mol. The standard InChI is InChI=1S/C13H25NO2/c1-12(2)9-13(10-15,7-8-16-12)14-11-5-3-4-6-11/h11,14-15H,3-10H2,1-2H3. The van der Waals surface area contributed by atoms with Crippen LogP contribution in [0.1, 0.15) is 52.4 Å². The van der Waals surface area contributed by atoms with Gasteiger partial charge in [0.1, 0.15) is 0 Å². The monoisotopic (exact) mass is 227 g/mol. The maximum Gasteiger partial charge on any atom is 0.0645 e. The van der Waals surface area contributed by atoms with Gasteiger partial charge in [-0.25, -0.2) is 0 Å². The Bertz CT molecular complexity index is 236. The zero-order valence-electron chi connectivity index (χ0n) is 10.6. The van der Waals surface area contributed by atoms with Crippen LogP contribution in [0.25, 0.3) is 0 Å². The van der Waals surface area contributed by atoms with E-state index in [1.165, 1.54) is 25.7 Å². The van der Waals surface area contributed by atoms with Gasteiger partial charge in [-0.3, -0.25) is 0 Å². The lowest BCUT2D eigenvalue weighted by Gasteiger charge is -2.45. The van der Waals surface area contributed by atoms with E-state index in [9.17, 15) is 5.11 Å². The first-order chi connectivity index (χ1) is 7.55. The number of ether oxygens (including phenoxy) is 1. The number of aliphatic hydroxyl groups is 1. The smallest absolute Gasteiger partial charge is 0.0645 e. The van der Waals surface area contributed by atoms with Gasteiger partial charge in [0.25, 0.3) is 0 Å². The fourth-order valence-corrected chi connectivity index (χ4v) is 3.28. The van der Waals surface area contributed by atoms with Gasteiger partial charge in [0.05, 0.1) is 12.2 Å². The molecule has 1 atom stereocenters. The normalized spacial score (nSPS) is 35.4. The number of rotatable bonds is 3. The van der Waals surface area contributed by atoms with Crippen LogP contribution in [0.5, 0.6) is 0 Å². The number of hydrogen-bond acceptors (Lipinski definition) is 3.